The molecule has 0 aliphatic heterocycles. The Morgan fingerprint density at radius 1 is 1.83 bits per heavy atom. The largest absolute Gasteiger partial charge is 0.768 e. The summed E-state index contributed by atoms with van der Waals surface area (Å²) >= 11 is -2.36. The van der Waals surface area contributed by atoms with Crippen LogP contribution in [0.15, 0.2) is 5.41 Å². The molecule has 34 valence electrons. The van der Waals surface area contributed by atoms with Crippen LogP contribution in [0, 0.1) is 0 Å². The van der Waals surface area contributed by atoms with Crippen LogP contribution in [-0.2, 0) is 15.9 Å². The third-order valence-electron chi connectivity index (χ3n) is 0.144. The summed E-state index contributed by atoms with van der Waals surface area (Å²) in [6.07, 6.45) is 0. The summed E-state index contributed by atoms with van der Waals surface area (Å²) in [5.41, 5.74) is 0. The molecule has 0 aromatic rings. The van der Waals surface area contributed by atoms with Gasteiger partial charge in [0, 0.05) is 0 Å². The van der Waals surface area contributed by atoms with E-state index in [0.29, 0.717) is 5.41 Å². The first-order valence-corrected chi connectivity index (χ1v) is 2.20. The van der Waals surface area contributed by atoms with Gasteiger partial charge in [0.05, 0.1) is 5.41 Å². The van der Waals surface area contributed by atoms with Gasteiger partial charge in [-0.25, -0.2) is 4.79 Å². The van der Waals surface area contributed by atoms with Crippen molar-refractivity contribution in [2.75, 3.05) is 0 Å². The molecule has 0 spiro atoms. The Labute approximate surface area is 37.0 Å². The highest BCUT2D eigenvalue weighted by Gasteiger charge is 1.59. The molecule has 0 N–H and O–H groups in total. The lowest BCUT2D eigenvalue weighted by molar-refractivity contribution is 0.545. The number of hydrogen-bond donors (Lipinski definition) is 0. The summed E-state index contributed by atoms with van der Waals surface area (Å²) in [6, 6.07) is 0. The molecule has 0 aliphatic carbocycles. The Balaban J connectivity index is 3.60. The van der Waals surface area contributed by atoms with Gasteiger partial charge in [-0.2, -0.15) is 0 Å². The highest BCUT2D eigenvalue weighted by atomic mass is 32.2. The van der Waals surface area contributed by atoms with Gasteiger partial charge in [-0.1, -0.05) is 0 Å². The maximum atomic E-state index is 9.28. The minimum Gasteiger partial charge on any atom is -0.768 e. The smallest absolute Gasteiger partial charge is 0.132 e. The zero-order valence-corrected chi connectivity index (χ0v) is 3.53. The SMILES string of the molecule is O=C=CS(=O)[O-]. The van der Waals surface area contributed by atoms with Crippen molar-refractivity contribution in [2.24, 2.45) is 0 Å². The molecule has 3 nitrogen and oxygen atoms in total. The summed E-state index contributed by atoms with van der Waals surface area (Å²) in [7, 11) is 0. The first-order chi connectivity index (χ1) is 2.77. The van der Waals surface area contributed by atoms with E-state index in [-0.39, 0.29) is 0 Å². The van der Waals surface area contributed by atoms with Crippen molar-refractivity contribution >= 4 is 17.0 Å². The molecule has 0 saturated carbocycles. The van der Waals surface area contributed by atoms with Gasteiger partial charge < -0.3 is 4.55 Å². The molecule has 0 heterocycles. The predicted octanol–water partition coefficient (Wildman–Crippen LogP) is -0.789. The second-order valence-corrected chi connectivity index (χ2v) is 1.25. The Morgan fingerprint density at radius 2 is 2.33 bits per heavy atom. The van der Waals surface area contributed by atoms with Gasteiger partial charge in [-0.15, -0.1) is 0 Å². The fraction of sp³-hybridized carbons (Fsp3) is 0. The monoisotopic (exact) mass is 105 g/mol. The van der Waals surface area contributed by atoms with Crippen LogP contribution in [0.1, 0.15) is 0 Å². The van der Waals surface area contributed by atoms with Crippen molar-refractivity contribution in [3.8, 4) is 0 Å². The summed E-state index contributed by atoms with van der Waals surface area (Å²) in [5.74, 6) is 1.08. The van der Waals surface area contributed by atoms with Crippen LogP contribution in [0.25, 0.3) is 0 Å². The molecule has 0 aliphatic rings. The van der Waals surface area contributed by atoms with Crippen molar-refractivity contribution in [1.29, 1.82) is 0 Å². The summed E-state index contributed by atoms with van der Waals surface area (Å²) in [4.78, 5) is 9.04. The van der Waals surface area contributed by atoms with Crippen molar-refractivity contribution in [3.05, 3.63) is 5.41 Å². The maximum absolute atomic E-state index is 9.28. The van der Waals surface area contributed by atoms with Gasteiger partial charge in [0.25, 0.3) is 0 Å². The minimum atomic E-state index is -2.36. The second-order valence-electron chi connectivity index (χ2n) is 0.496. The highest BCUT2D eigenvalue weighted by molar-refractivity contribution is 7.82. The summed E-state index contributed by atoms with van der Waals surface area (Å²) < 4.78 is 18.6. The fourth-order valence-electron chi connectivity index (χ4n) is 0.0393. The van der Waals surface area contributed by atoms with E-state index in [1.54, 1.807) is 0 Å². The maximum Gasteiger partial charge on any atom is 0.132 e. The van der Waals surface area contributed by atoms with Crippen LogP contribution in [0.5, 0.6) is 0 Å². The predicted molar refractivity (Wildman–Crippen MR) is 19.2 cm³/mol. The van der Waals surface area contributed by atoms with Crippen molar-refractivity contribution in [1.82, 2.24) is 0 Å². The van der Waals surface area contributed by atoms with E-state index < -0.39 is 11.1 Å². The van der Waals surface area contributed by atoms with Crippen LogP contribution < -0.4 is 0 Å². The summed E-state index contributed by atoms with van der Waals surface area (Å²) in [5, 5.41) is 0.403. The lowest BCUT2D eigenvalue weighted by atomic mass is 11.2. The van der Waals surface area contributed by atoms with E-state index >= 15 is 0 Å². The molecule has 0 fully saturated rings. The van der Waals surface area contributed by atoms with Gasteiger partial charge >= 0.3 is 0 Å². The van der Waals surface area contributed by atoms with Gasteiger partial charge in [-0.05, 0) is 11.1 Å². The molecule has 1 unspecified atom stereocenters. The molecule has 0 saturated heterocycles. The lowest BCUT2D eigenvalue weighted by Crippen LogP contribution is -1.74. The van der Waals surface area contributed by atoms with Crippen LogP contribution in [0.2, 0.25) is 0 Å². The van der Waals surface area contributed by atoms with E-state index in [4.69, 9.17) is 4.79 Å². The Hall–Kier alpha value is -0.440. The standard InChI is InChI=1S/C2H2O3S/c3-1-2-6(4)5/h2H,(H,4,5)/p-1. The van der Waals surface area contributed by atoms with E-state index in [2.05, 4.69) is 0 Å². The van der Waals surface area contributed by atoms with Gasteiger partial charge in [-0.3, -0.25) is 4.21 Å². The second kappa shape index (κ2) is 2.78. The first-order valence-electron chi connectivity index (χ1n) is 1.06. The van der Waals surface area contributed by atoms with Gasteiger partial charge in [0.15, 0.2) is 0 Å². The molecule has 0 rings (SSSR count). The summed E-state index contributed by atoms with van der Waals surface area (Å²) in [6.45, 7) is 0. The highest BCUT2D eigenvalue weighted by Crippen LogP contribution is 1.63. The van der Waals surface area contributed by atoms with Crippen LogP contribution in [0.4, 0.5) is 0 Å². The molecule has 0 aromatic heterocycles. The molecule has 0 amide bonds. The molecular weight excluding hydrogens is 104 g/mol. The average Bonchev–Trinajstić information content (AvgIpc) is 1.35. The lowest BCUT2D eigenvalue weighted by Gasteiger charge is -1.86. The topological polar surface area (TPSA) is 57.2 Å². The minimum absolute atomic E-state index is 0.403. The zero-order valence-electron chi connectivity index (χ0n) is 2.71. The van der Waals surface area contributed by atoms with Crippen molar-refractivity contribution in [3.63, 3.8) is 0 Å². The van der Waals surface area contributed by atoms with Gasteiger partial charge in [0.2, 0.25) is 0 Å². The Morgan fingerprint density at radius 3 is 2.33 bits per heavy atom. The molecule has 0 bridgehead atoms. The zero-order chi connectivity index (χ0) is 4.99. The molecule has 0 aromatic carbocycles. The van der Waals surface area contributed by atoms with Crippen molar-refractivity contribution < 1.29 is 13.6 Å². The number of carbonyl (C=O) groups excluding carboxylic acids is 1. The van der Waals surface area contributed by atoms with Gasteiger partial charge in [0.1, 0.15) is 5.94 Å². The Bertz CT molecular complexity index is 101. The van der Waals surface area contributed by atoms with E-state index in [0.717, 1.165) is 5.94 Å². The molecule has 0 radical (unpaired) electrons. The molecule has 1 atom stereocenters. The number of hydrogen-bond acceptors (Lipinski definition) is 3. The van der Waals surface area contributed by atoms with Crippen LogP contribution >= 0.6 is 0 Å². The molecule has 6 heavy (non-hydrogen) atoms. The first kappa shape index (κ1) is 5.56. The third kappa shape index (κ3) is 3.56. The quantitative estimate of drug-likeness (QED) is 0.324. The van der Waals surface area contributed by atoms with Crippen molar-refractivity contribution in [2.45, 2.75) is 0 Å². The Kier molecular flexibility index (Phi) is 2.58. The fourth-order valence-corrected chi connectivity index (χ4v) is 0.118. The normalized spacial score (nSPS) is 12.2. The molecule has 4 heteroatoms. The van der Waals surface area contributed by atoms with E-state index in [1.807, 2.05) is 0 Å². The van der Waals surface area contributed by atoms with E-state index in [1.165, 1.54) is 0 Å². The molecular formula is C2HO3S-. The average molecular weight is 105 g/mol. The number of rotatable bonds is 1. The van der Waals surface area contributed by atoms with Crippen LogP contribution in [-0.4, -0.2) is 14.7 Å². The van der Waals surface area contributed by atoms with E-state index in [9.17, 15) is 8.76 Å². The third-order valence-corrected chi connectivity index (χ3v) is 0.433. The van der Waals surface area contributed by atoms with Crippen LogP contribution in [0.3, 0.4) is 0 Å².